The molecule has 1 rings (SSSR count). The Labute approximate surface area is 185 Å². The maximum absolute atomic E-state index is 12.3. The summed E-state index contributed by atoms with van der Waals surface area (Å²) in [6.45, 7) is 11.2. The van der Waals surface area contributed by atoms with E-state index in [1.54, 1.807) is 0 Å². The normalized spacial score (nSPS) is 12.9. The Morgan fingerprint density at radius 2 is 1.63 bits per heavy atom. The molecular weight excluding hydrogens is 372 g/mol. The van der Waals surface area contributed by atoms with Gasteiger partial charge < -0.3 is 10.2 Å². The third kappa shape index (κ3) is 13.5. The first-order valence-corrected chi connectivity index (χ1v) is 12.1. The summed E-state index contributed by atoms with van der Waals surface area (Å²) >= 11 is 0. The van der Waals surface area contributed by atoms with Crippen LogP contribution in [0.1, 0.15) is 111 Å². The average molecular weight is 417 g/mol. The van der Waals surface area contributed by atoms with Crippen molar-refractivity contribution in [1.82, 2.24) is 10.2 Å². The number of hydrogen-bond acceptors (Lipinski definition) is 2. The molecule has 1 fully saturated rings. The molecule has 0 aromatic rings. The minimum absolute atomic E-state index is 0.194. The highest BCUT2D eigenvalue weighted by molar-refractivity contribution is 5.76. The Morgan fingerprint density at radius 3 is 2.30 bits per heavy atom. The average Bonchev–Trinajstić information content (AvgIpc) is 3.50. The lowest BCUT2D eigenvalue weighted by molar-refractivity contribution is -0.133. The van der Waals surface area contributed by atoms with E-state index in [1.807, 2.05) is 4.90 Å². The van der Waals surface area contributed by atoms with Crippen LogP contribution < -0.4 is 5.32 Å². The molecule has 0 aromatic heterocycles. The Bertz CT molecular complexity index is 582. The van der Waals surface area contributed by atoms with Gasteiger partial charge in [0.25, 0.3) is 0 Å². The van der Waals surface area contributed by atoms with Gasteiger partial charge in [0, 0.05) is 44.3 Å². The van der Waals surface area contributed by atoms with Crippen LogP contribution in [0.5, 0.6) is 0 Å². The molecule has 170 valence electrons. The standard InChI is InChI=1S/C26H44N2O2/c1-5-6-11-18-26(30)28(22(2)3)21-13-10-8-7-9-12-15-23(4)16-14-17-25(29)27-24-19-20-24/h22,24H,4-7,9,11-21H2,1-3H3,(H,27,29). The van der Waals surface area contributed by atoms with Gasteiger partial charge in [-0.15, -0.1) is 11.8 Å². The van der Waals surface area contributed by atoms with Crippen molar-refractivity contribution in [2.24, 2.45) is 0 Å². The number of rotatable bonds is 16. The molecule has 0 heterocycles. The van der Waals surface area contributed by atoms with Gasteiger partial charge in [0.15, 0.2) is 0 Å². The summed E-state index contributed by atoms with van der Waals surface area (Å²) in [6.07, 6.45) is 13.6. The highest BCUT2D eigenvalue weighted by atomic mass is 16.2. The fraction of sp³-hybridized carbons (Fsp3) is 0.769. The van der Waals surface area contributed by atoms with Crippen molar-refractivity contribution in [1.29, 1.82) is 0 Å². The highest BCUT2D eigenvalue weighted by Crippen LogP contribution is 2.19. The molecule has 1 saturated carbocycles. The molecule has 0 saturated heterocycles. The number of nitrogens with one attached hydrogen (secondary N) is 1. The quantitative estimate of drug-likeness (QED) is 0.197. The maximum Gasteiger partial charge on any atom is 0.222 e. The number of unbranched alkanes of at least 4 members (excludes halogenated alkanes) is 4. The summed E-state index contributed by atoms with van der Waals surface area (Å²) in [6, 6.07) is 0.702. The molecule has 2 amide bonds. The summed E-state index contributed by atoms with van der Waals surface area (Å²) in [5, 5.41) is 3.03. The third-order valence-corrected chi connectivity index (χ3v) is 5.50. The summed E-state index contributed by atoms with van der Waals surface area (Å²) < 4.78 is 0. The van der Waals surface area contributed by atoms with E-state index in [9.17, 15) is 9.59 Å². The summed E-state index contributed by atoms with van der Waals surface area (Å²) in [5.41, 5.74) is 1.25. The van der Waals surface area contributed by atoms with E-state index in [2.05, 4.69) is 44.5 Å². The first kappa shape index (κ1) is 26.3. The van der Waals surface area contributed by atoms with Crippen LogP contribution in [-0.2, 0) is 9.59 Å². The van der Waals surface area contributed by atoms with Crippen molar-refractivity contribution < 1.29 is 9.59 Å². The number of allylic oxidation sites excluding steroid dienone is 1. The zero-order chi connectivity index (χ0) is 22.2. The lowest BCUT2D eigenvalue weighted by Gasteiger charge is -2.26. The third-order valence-electron chi connectivity index (χ3n) is 5.50. The molecule has 4 heteroatoms. The molecular formula is C26H44N2O2. The minimum atomic E-state index is 0.194. The van der Waals surface area contributed by atoms with Crippen LogP contribution in [0.15, 0.2) is 12.2 Å². The molecule has 1 N–H and O–H groups in total. The fourth-order valence-corrected chi connectivity index (χ4v) is 3.43. The van der Waals surface area contributed by atoms with Gasteiger partial charge in [0.05, 0.1) is 0 Å². The van der Waals surface area contributed by atoms with E-state index in [-0.39, 0.29) is 17.9 Å². The molecule has 0 spiro atoms. The Kier molecular flexibility index (Phi) is 14.0. The Balaban J connectivity index is 2.05. The van der Waals surface area contributed by atoms with E-state index in [0.717, 1.165) is 83.6 Å². The molecule has 0 aliphatic heterocycles. The Morgan fingerprint density at radius 1 is 0.967 bits per heavy atom. The van der Waals surface area contributed by atoms with Crippen molar-refractivity contribution in [3.05, 3.63) is 12.2 Å². The molecule has 0 atom stereocenters. The largest absolute Gasteiger partial charge is 0.353 e. The van der Waals surface area contributed by atoms with Crippen LogP contribution in [0.3, 0.4) is 0 Å². The van der Waals surface area contributed by atoms with Gasteiger partial charge in [0.2, 0.25) is 11.8 Å². The smallest absolute Gasteiger partial charge is 0.222 e. The number of nitrogens with zero attached hydrogens (tertiary/aromatic N) is 1. The summed E-state index contributed by atoms with van der Waals surface area (Å²) in [7, 11) is 0. The molecule has 0 bridgehead atoms. The van der Waals surface area contributed by atoms with Gasteiger partial charge in [-0.1, -0.05) is 31.9 Å². The molecule has 0 unspecified atom stereocenters. The number of hydrogen-bond donors (Lipinski definition) is 1. The lowest BCUT2D eigenvalue weighted by atomic mass is 10.0. The van der Waals surface area contributed by atoms with Gasteiger partial charge in [-0.25, -0.2) is 0 Å². The number of carbonyl (C=O) groups is 2. The zero-order valence-corrected chi connectivity index (χ0v) is 19.7. The van der Waals surface area contributed by atoms with E-state index in [0.29, 0.717) is 18.9 Å². The van der Waals surface area contributed by atoms with Crippen molar-refractivity contribution in [2.45, 2.75) is 123 Å². The van der Waals surface area contributed by atoms with Gasteiger partial charge in [-0.05, 0) is 65.2 Å². The van der Waals surface area contributed by atoms with Crippen LogP contribution in [0.4, 0.5) is 0 Å². The minimum Gasteiger partial charge on any atom is -0.353 e. The van der Waals surface area contributed by atoms with E-state index in [1.165, 1.54) is 5.57 Å². The van der Waals surface area contributed by atoms with Crippen molar-refractivity contribution in [3.8, 4) is 11.8 Å². The molecule has 1 aliphatic carbocycles. The van der Waals surface area contributed by atoms with Gasteiger partial charge in [0.1, 0.15) is 0 Å². The Hall–Kier alpha value is -1.76. The van der Waals surface area contributed by atoms with E-state index >= 15 is 0 Å². The predicted octanol–water partition coefficient (Wildman–Crippen LogP) is 5.76. The fourth-order valence-electron chi connectivity index (χ4n) is 3.43. The van der Waals surface area contributed by atoms with Crippen LogP contribution >= 0.6 is 0 Å². The van der Waals surface area contributed by atoms with Crippen molar-refractivity contribution >= 4 is 11.8 Å². The summed E-state index contributed by atoms with van der Waals surface area (Å²) in [4.78, 5) is 26.0. The maximum atomic E-state index is 12.3. The molecule has 0 aromatic carbocycles. The zero-order valence-electron chi connectivity index (χ0n) is 19.7. The lowest BCUT2D eigenvalue weighted by Crippen LogP contribution is -2.37. The van der Waals surface area contributed by atoms with Crippen LogP contribution in [-0.4, -0.2) is 35.3 Å². The second-order valence-corrected chi connectivity index (χ2v) is 8.89. The predicted molar refractivity (Wildman–Crippen MR) is 126 cm³/mol. The number of amides is 2. The van der Waals surface area contributed by atoms with Gasteiger partial charge in [-0.2, -0.15) is 0 Å². The molecule has 30 heavy (non-hydrogen) atoms. The first-order chi connectivity index (χ1) is 14.4. The molecule has 1 aliphatic rings. The van der Waals surface area contributed by atoms with Crippen LogP contribution in [0.2, 0.25) is 0 Å². The van der Waals surface area contributed by atoms with Crippen LogP contribution in [0, 0.1) is 11.8 Å². The van der Waals surface area contributed by atoms with Crippen molar-refractivity contribution in [2.75, 3.05) is 6.54 Å². The second kappa shape index (κ2) is 16.0. The van der Waals surface area contributed by atoms with Gasteiger partial charge in [-0.3, -0.25) is 9.59 Å². The number of carbonyl (C=O) groups excluding carboxylic acids is 2. The van der Waals surface area contributed by atoms with E-state index < -0.39 is 0 Å². The summed E-state index contributed by atoms with van der Waals surface area (Å²) in [5.74, 6) is 6.96. The molecule has 0 radical (unpaired) electrons. The second-order valence-electron chi connectivity index (χ2n) is 8.89. The SMILES string of the molecule is C=C(CCCCC#CCCN(C(=O)CCCCC)C(C)C)CCCC(=O)NC1CC1. The van der Waals surface area contributed by atoms with Crippen molar-refractivity contribution in [3.63, 3.8) is 0 Å². The van der Waals surface area contributed by atoms with E-state index in [4.69, 9.17) is 0 Å². The topological polar surface area (TPSA) is 49.4 Å². The first-order valence-electron chi connectivity index (χ1n) is 12.1. The van der Waals surface area contributed by atoms with Crippen LogP contribution in [0.25, 0.3) is 0 Å². The highest BCUT2D eigenvalue weighted by Gasteiger charge is 2.22. The van der Waals surface area contributed by atoms with Gasteiger partial charge >= 0.3 is 0 Å². The monoisotopic (exact) mass is 416 g/mol. The molecule has 4 nitrogen and oxygen atoms in total.